The van der Waals surface area contributed by atoms with E-state index in [1.807, 2.05) is 0 Å². The molecule has 0 aliphatic heterocycles. The van der Waals surface area contributed by atoms with Crippen LogP contribution in [-0.2, 0) is 16.8 Å². The molecule has 0 bridgehead atoms. The molecule has 0 aliphatic carbocycles. The second-order valence-electron chi connectivity index (χ2n) is 1.77. The number of hydrogen-bond donors (Lipinski definition) is 0. The predicted octanol–water partition coefficient (Wildman–Crippen LogP) is 0.618. The van der Waals surface area contributed by atoms with Gasteiger partial charge in [-0.05, 0) is 27.0 Å². The van der Waals surface area contributed by atoms with Gasteiger partial charge in [-0.3, -0.25) is 4.21 Å². The molecule has 1 heterocycles. The van der Waals surface area contributed by atoms with Gasteiger partial charge < -0.3 is 4.55 Å². The van der Waals surface area contributed by atoms with Gasteiger partial charge >= 0.3 is 0 Å². The van der Waals surface area contributed by atoms with Gasteiger partial charge in [0.05, 0.1) is 10.2 Å². The Labute approximate surface area is 74.5 Å². The average Bonchev–Trinajstić information content (AvgIpc) is 1.93. The second kappa shape index (κ2) is 3.89. The minimum Gasteiger partial charge on any atom is -0.772 e. The van der Waals surface area contributed by atoms with Crippen LogP contribution in [0.3, 0.4) is 0 Å². The van der Waals surface area contributed by atoms with Crippen molar-refractivity contribution in [2.24, 2.45) is 0 Å². The van der Waals surface area contributed by atoms with E-state index < -0.39 is 11.1 Å². The summed E-state index contributed by atoms with van der Waals surface area (Å²) in [5, 5.41) is 0. The number of nitrogens with zero attached hydrogens (tertiary/aromatic N) is 2. The summed E-state index contributed by atoms with van der Waals surface area (Å²) in [6, 6.07) is 0. The molecule has 1 aromatic rings. The SMILES string of the molecule is O=S([O-])Cc1ncc(Br)cn1. The third-order valence-electron chi connectivity index (χ3n) is 0.921. The minimum absolute atomic E-state index is 0.132. The smallest absolute Gasteiger partial charge is 0.139 e. The molecule has 6 heteroatoms. The number of aromatic nitrogens is 2. The summed E-state index contributed by atoms with van der Waals surface area (Å²) < 4.78 is 21.1. The van der Waals surface area contributed by atoms with E-state index >= 15 is 0 Å². The Morgan fingerprint density at radius 3 is 2.55 bits per heavy atom. The highest BCUT2D eigenvalue weighted by Gasteiger charge is 1.94. The largest absolute Gasteiger partial charge is 0.772 e. The zero-order valence-corrected chi connectivity index (χ0v) is 7.76. The van der Waals surface area contributed by atoms with Gasteiger partial charge in [0.15, 0.2) is 0 Å². The van der Waals surface area contributed by atoms with Crippen molar-refractivity contribution in [2.75, 3.05) is 0 Å². The average molecular weight is 236 g/mol. The standard InChI is InChI=1S/C5H5BrN2O2S/c6-4-1-7-5(8-2-4)3-11(9)10/h1-2H,3H2,(H,9,10)/p-1. The van der Waals surface area contributed by atoms with Crippen molar-refractivity contribution >= 4 is 27.0 Å². The second-order valence-corrected chi connectivity index (χ2v) is 3.58. The normalized spacial score (nSPS) is 12.9. The minimum atomic E-state index is -2.11. The molecule has 11 heavy (non-hydrogen) atoms. The summed E-state index contributed by atoms with van der Waals surface area (Å²) in [5.74, 6) is 0.175. The van der Waals surface area contributed by atoms with E-state index in [1.165, 1.54) is 12.4 Å². The Balaban J connectivity index is 2.74. The lowest BCUT2D eigenvalue weighted by Gasteiger charge is -2.01. The van der Waals surface area contributed by atoms with Gasteiger partial charge in [0.2, 0.25) is 0 Å². The fourth-order valence-electron chi connectivity index (χ4n) is 0.519. The van der Waals surface area contributed by atoms with Crippen LogP contribution in [0.25, 0.3) is 0 Å². The predicted molar refractivity (Wildman–Crippen MR) is 42.4 cm³/mol. The molecule has 1 atom stereocenters. The summed E-state index contributed by atoms with van der Waals surface area (Å²) in [7, 11) is 0. The van der Waals surface area contributed by atoms with Crippen LogP contribution in [0.4, 0.5) is 0 Å². The van der Waals surface area contributed by atoms with Crippen LogP contribution in [0.1, 0.15) is 5.82 Å². The summed E-state index contributed by atoms with van der Waals surface area (Å²) in [6.45, 7) is 0. The van der Waals surface area contributed by atoms with Gasteiger partial charge in [-0.2, -0.15) is 0 Å². The Hall–Kier alpha value is -0.330. The van der Waals surface area contributed by atoms with Crippen molar-refractivity contribution in [1.82, 2.24) is 9.97 Å². The van der Waals surface area contributed by atoms with Crippen LogP contribution in [-0.4, -0.2) is 18.7 Å². The molecule has 4 nitrogen and oxygen atoms in total. The molecule has 0 N–H and O–H groups in total. The van der Waals surface area contributed by atoms with Crippen LogP contribution in [0.5, 0.6) is 0 Å². The van der Waals surface area contributed by atoms with Crippen molar-refractivity contribution in [3.05, 3.63) is 22.7 Å². The van der Waals surface area contributed by atoms with Gasteiger partial charge in [0.25, 0.3) is 0 Å². The summed E-state index contributed by atoms with van der Waals surface area (Å²) in [4.78, 5) is 7.53. The molecule has 0 radical (unpaired) electrons. The Morgan fingerprint density at radius 1 is 1.55 bits per heavy atom. The topological polar surface area (TPSA) is 65.9 Å². The lowest BCUT2D eigenvalue weighted by molar-refractivity contribution is 0.535. The maximum atomic E-state index is 10.2. The monoisotopic (exact) mass is 235 g/mol. The van der Waals surface area contributed by atoms with Crippen LogP contribution >= 0.6 is 15.9 Å². The van der Waals surface area contributed by atoms with Crippen molar-refractivity contribution in [1.29, 1.82) is 0 Å². The summed E-state index contributed by atoms with van der Waals surface area (Å²) >= 11 is 1.02. The molecule has 1 unspecified atom stereocenters. The van der Waals surface area contributed by atoms with Crippen LogP contribution in [0, 0.1) is 0 Å². The van der Waals surface area contributed by atoms with Gasteiger partial charge in [0.1, 0.15) is 5.82 Å². The van der Waals surface area contributed by atoms with Crippen molar-refractivity contribution in [3.8, 4) is 0 Å². The van der Waals surface area contributed by atoms with E-state index in [0.29, 0.717) is 5.82 Å². The molecule has 0 fully saturated rings. The van der Waals surface area contributed by atoms with E-state index in [0.717, 1.165) is 4.47 Å². The van der Waals surface area contributed by atoms with Crippen molar-refractivity contribution in [2.45, 2.75) is 5.75 Å². The maximum absolute atomic E-state index is 10.2. The Kier molecular flexibility index (Phi) is 3.10. The third-order valence-corrected chi connectivity index (χ3v) is 1.82. The molecule has 0 aromatic carbocycles. The zero-order valence-electron chi connectivity index (χ0n) is 5.36. The molecular weight excluding hydrogens is 232 g/mol. The van der Waals surface area contributed by atoms with Crippen molar-refractivity contribution in [3.63, 3.8) is 0 Å². The molecule has 0 amide bonds. The molecule has 0 saturated carbocycles. The van der Waals surface area contributed by atoms with Gasteiger partial charge in [0, 0.05) is 12.4 Å². The first-order valence-corrected chi connectivity index (χ1v) is 4.74. The Bertz CT molecular complexity index is 264. The lowest BCUT2D eigenvalue weighted by Crippen LogP contribution is -1.98. The van der Waals surface area contributed by atoms with Crippen molar-refractivity contribution < 1.29 is 8.76 Å². The van der Waals surface area contributed by atoms with E-state index in [1.54, 1.807) is 0 Å². The molecular formula is C5H4BrN2O2S-. The maximum Gasteiger partial charge on any atom is 0.139 e. The molecule has 0 aliphatic rings. The highest BCUT2D eigenvalue weighted by atomic mass is 79.9. The fraction of sp³-hybridized carbons (Fsp3) is 0.200. The van der Waals surface area contributed by atoms with Gasteiger partial charge in [-0.15, -0.1) is 0 Å². The molecule has 1 rings (SSSR count). The molecule has 1 aromatic heterocycles. The first-order valence-electron chi connectivity index (χ1n) is 2.71. The Morgan fingerprint density at radius 2 is 2.09 bits per heavy atom. The zero-order chi connectivity index (χ0) is 8.27. The number of hydrogen-bond acceptors (Lipinski definition) is 4. The van der Waals surface area contributed by atoms with E-state index in [4.69, 9.17) is 0 Å². The third kappa shape index (κ3) is 3.04. The van der Waals surface area contributed by atoms with E-state index in [-0.39, 0.29) is 5.75 Å². The first-order chi connectivity index (χ1) is 5.18. The highest BCUT2D eigenvalue weighted by Crippen LogP contribution is 2.04. The molecule has 60 valence electrons. The first kappa shape index (κ1) is 8.76. The molecule has 0 saturated heterocycles. The highest BCUT2D eigenvalue weighted by molar-refractivity contribution is 9.10. The lowest BCUT2D eigenvalue weighted by atomic mass is 10.6. The fourth-order valence-corrected chi connectivity index (χ4v) is 1.08. The van der Waals surface area contributed by atoms with Gasteiger partial charge in [-0.25, -0.2) is 9.97 Å². The molecule has 0 spiro atoms. The van der Waals surface area contributed by atoms with Crippen LogP contribution in [0.2, 0.25) is 0 Å². The number of rotatable bonds is 2. The van der Waals surface area contributed by atoms with E-state index in [9.17, 15) is 8.76 Å². The summed E-state index contributed by atoms with van der Waals surface area (Å²) in [6.07, 6.45) is 3.02. The van der Waals surface area contributed by atoms with Gasteiger partial charge in [-0.1, -0.05) is 0 Å². The summed E-state index contributed by atoms with van der Waals surface area (Å²) in [5.41, 5.74) is 0. The van der Waals surface area contributed by atoms with E-state index in [2.05, 4.69) is 25.9 Å². The van der Waals surface area contributed by atoms with Crippen LogP contribution in [0.15, 0.2) is 16.9 Å². The van der Waals surface area contributed by atoms with Crippen LogP contribution < -0.4 is 0 Å². The number of halogens is 1. The quantitative estimate of drug-likeness (QED) is 0.706.